The number of Topliss-reactive ketones (excluding diaryl/α,β-unsaturated/α-hetero) is 1. The first-order valence-corrected chi connectivity index (χ1v) is 6.07. The molecule has 1 saturated heterocycles. The molecule has 1 aromatic carbocycles. The first-order valence-electron chi connectivity index (χ1n) is 5.28. The number of hydrogen-bond donors (Lipinski definition) is 0. The first kappa shape index (κ1) is 12.5. The predicted molar refractivity (Wildman–Crippen MR) is 63.9 cm³/mol. The fourth-order valence-electron chi connectivity index (χ4n) is 1.85. The Balaban J connectivity index is 2.36. The van der Waals surface area contributed by atoms with Crippen molar-refractivity contribution in [2.24, 2.45) is 5.92 Å². The molecule has 17 heavy (non-hydrogen) atoms. The lowest BCUT2D eigenvalue weighted by Gasteiger charge is -2.11. The van der Waals surface area contributed by atoms with Crippen LogP contribution in [0.2, 0.25) is 0 Å². The number of carbonyl (C=O) groups excluding carboxylic acids is 1. The van der Waals surface area contributed by atoms with E-state index in [4.69, 9.17) is 9.47 Å². The van der Waals surface area contributed by atoms with Crippen molar-refractivity contribution in [3.05, 3.63) is 28.0 Å². The molecular weight excluding hydrogens is 291 g/mol. The van der Waals surface area contributed by atoms with Gasteiger partial charge in [-0.15, -0.1) is 0 Å². The Morgan fingerprint density at radius 3 is 2.94 bits per heavy atom. The van der Waals surface area contributed by atoms with Crippen molar-refractivity contribution in [2.45, 2.75) is 6.42 Å². The quantitative estimate of drug-likeness (QED) is 0.806. The number of ketones is 1. The maximum Gasteiger partial charge on any atom is 0.172 e. The van der Waals surface area contributed by atoms with Crippen LogP contribution in [0.4, 0.5) is 4.39 Å². The molecule has 0 aliphatic carbocycles. The van der Waals surface area contributed by atoms with Crippen LogP contribution < -0.4 is 4.74 Å². The van der Waals surface area contributed by atoms with Gasteiger partial charge in [-0.3, -0.25) is 4.79 Å². The zero-order valence-corrected chi connectivity index (χ0v) is 10.9. The Kier molecular flexibility index (Phi) is 3.79. The van der Waals surface area contributed by atoms with E-state index in [-0.39, 0.29) is 21.9 Å². The SMILES string of the molecule is COc1cc(F)c(Br)cc1C(=O)C1CCOC1. The standard InChI is InChI=1S/C12H12BrFO3/c1-16-11-5-10(14)9(13)4-8(11)12(15)7-2-3-17-6-7/h4-5,7H,2-3,6H2,1H3. The maximum atomic E-state index is 13.3. The third kappa shape index (κ3) is 2.50. The van der Waals surface area contributed by atoms with E-state index in [1.54, 1.807) is 0 Å². The zero-order valence-electron chi connectivity index (χ0n) is 9.33. The number of rotatable bonds is 3. The first-order chi connectivity index (χ1) is 8.13. The van der Waals surface area contributed by atoms with Crippen molar-refractivity contribution in [3.8, 4) is 5.75 Å². The van der Waals surface area contributed by atoms with Crippen molar-refractivity contribution >= 4 is 21.7 Å². The average molecular weight is 303 g/mol. The third-order valence-corrected chi connectivity index (χ3v) is 3.42. The number of hydrogen-bond acceptors (Lipinski definition) is 3. The largest absolute Gasteiger partial charge is 0.496 e. The Morgan fingerprint density at radius 1 is 1.59 bits per heavy atom. The molecule has 1 unspecified atom stereocenters. The highest BCUT2D eigenvalue weighted by Gasteiger charge is 2.27. The molecule has 0 bridgehead atoms. The van der Waals surface area contributed by atoms with E-state index < -0.39 is 5.82 Å². The molecule has 3 nitrogen and oxygen atoms in total. The summed E-state index contributed by atoms with van der Waals surface area (Å²) in [5.74, 6) is -0.384. The second-order valence-electron chi connectivity index (χ2n) is 3.89. The fraction of sp³-hybridized carbons (Fsp3) is 0.417. The second-order valence-corrected chi connectivity index (χ2v) is 4.75. The molecule has 1 atom stereocenters. The maximum absolute atomic E-state index is 13.3. The van der Waals surface area contributed by atoms with E-state index in [1.807, 2.05) is 0 Å². The van der Waals surface area contributed by atoms with Gasteiger partial charge in [0, 0.05) is 18.6 Å². The van der Waals surface area contributed by atoms with Crippen LogP contribution in [0.25, 0.3) is 0 Å². The molecule has 1 aliphatic rings. The Bertz CT molecular complexity index is 442. The summed E-state index contributed by atoms with van der Waals surface area (Å²) in [6, 6.07) is 2.68. The lowest BCUT2D eigenvalue weighted by Crippen LogP contribution is -2.15. The van der Waals surface area contributed by atoms with Crippen LogP contribution in [-0.4, -0.2) is 26.1 Å². The lowest BCUT2D eigenvalue weighted by molar-refractivity contribution is 0.0897. The van der Waals surface area contributed by atoms with Crippen LogP contribution in [0.5, 0.6) is 5.75 Å². The highest BCUT2D eigenvalue weighted by Crippen LogP contribution is 2.30. The lowest BCUT2D eigenvalue weighted by atomic mass is 9.96. The number of carbonyl (C=O) groups is 1. The molecule has 92 valence electrons. The molecular formula is C12H12BrFO3. The van der Waals surface area contributed by atoms with Crippen molar-refractivity contribution in [2.75, 3.05) is 20.3 Å². The minimum absolute atomic E-state index is 0.0555. The number of ether oxygens (including phenoxy) is 2. The van der Waals surface area contributed by atoms with Crippen LogP contribution in [0.3, 0.4) is 0 Å². The van der Waals surface area contributed by atoms with Crippen molar-refractivity contribution < 1.29 is 18.7 Å². The molecule has 0 radical (unpaired) electrons. The van der Waals surface area contributed by atoms with E-state index in [2.05, 4.69) is 15.9 Å². The molecule has 1 heterocycles. The minimum Gasteiger partial charge on any atom is -0.496 e. The summed E-state index contributed by atoms with van der Waals surface area (Å²) in [5, 5.41) is 0. The van der Waals surface area contributed by atoms with Crippen molar-refractivity contribution in [1.29, 1.82) is 0 Å². The summed E-state index contributed by atoms with van der Waals surface area (Å²) in [5.41, 5.74) is 0.399. The Labute approximate surface area is 107 Å². The fourth-order valence-corrected chi connectivity index (χ4v) is 2.19. The third-order valence-electron chi connectivity index (χ3n) is 2.81. The Morgan fingerprint density at radius 2 is 2.35 bits per heavy atom. The second kappa shape index (κ2) is 5.14. The summed E-state index contributed by atoms with van der Waals surface area (Å²) >= 11 is 3.07. The van der Waals surface area contributed by atoms with Crippen LogP contribution in [0, 0.1) is 11.7 Å². The van der Waals surface area contributed by atoms with E-state index in [1.165, 1.54) is 19.2 Å². The summed E-state index contributed by atoms with van der Waals surface area (Å²) in [6.07, 6.45) is 0.705. The van der Waals surface area contributed by atoms with Gasteiger partial charge in [0.1, 0.15) is 11.6 Å². The summed E-state index contributed by atoms with van der Waals surface area (Å²) in [6.45, 7) is 1.03. The van der Waals surface area contributed by atoms with E-state index in [0.717, 1.165) is 0 Å². The van der Waals surface area contributed by atoms with Crippen LogP contribution in [0.15, 0.2) is 16.6 Å². The topological polar surface area (TPSA) is 35.5 Å². The molecule has 0 saturated carbocycles. The molecule has 0 amide bonds. The van der Waals surface area contributed by atoms with Gasteiger partial charge in [0.15, 0.2) is 5.78 Å². The molecule has 1 aromatic rings. The normalized spacial score (nSPS) is 19.4. The highest BCUT2D eigenvalue weighted by atomic mass is 79.9. The average Bonchev–Trinajstić information content (AvgIpc) is 2.84. The van der Waals surface area contributed by atoms with Gasteiger partial charge in [0.2, 0.25) is 0 Å². The molecule has 0 N–H and O–H groups in total. The molecule has 0 aromatic heterocycles. The summed E-state index contributed by atoms with van der Waals surface area (Å²) in [4.78, 5) is 12.2. The highest BCUT2D eigenvalue weighted by molar-refractivity contribution is 9.10. The summed E-state index contributed by atoms with van der Waals surface area (Å²) < 4.78 is 23.8. The van der Waals surface area contributed by atoms with Crippen LogP contribution in [0.1, 0.15) is 16.8 Å². The van der Waals surface area contributed by atoms with E-state index in [0.29, 0.717) is 25.2 Å². The smallest absolute Gasteiger partial charge is 0.172 e. The molecule has 0 spiro atoms. The van der Waals surface area contributed by atoms with Gasteiger partial charge in [-0.1, -0.05) is 0 Å². The minimum atomic E-state index is -0.443. The molecule has 1 fully saturated rings. The van der Waals surface area contributed by atoms with Gasteiger partial charge in [-0.25, -0.2) is 4.39 Å². The van der Waals surface area contributed by atoms with E-state index in [9.17, 15) is 9.18 Å². The monoisotopic (exact) mass is 302 g/mol. The van der Waals surface area contributed by atoms with Crippen molar-refractivity contribution in [3.63, 3.8) is 0 Å². The van der Waals surface area contributed by atoms with Crippen LogP contribution in [-0.2, 0) is 4.74 Å². The molecule has 5 heteroatoms. The molecule has 2 rings (SSSR count). The Hall–Kier alpha value is -0.940. The molecule has 1 aliphatic heterocycles. The van der Waals surface area contributed by atoms with Gasteiger partial charge in [-0.05, 0) is 28.4 Å². The number of methoxy groups -OCH3 is 1. The van der Waals surface area contributed by atoms with Crippen molar-refractivity contribution in [1.82, 2.24) is 0 Å². The van der Waals surface area contributed by atoms with Crippen LogP contribution >= 0.6 is 15.9 Å². The number of halogens is 2. The zero-order chi connectivity index (χ0) is 12.4. The summed E-state index contributed by atoms with van der Waals surface area (Å²) in [7, 11) is 1.42. The predicted octanol–water partition coefficient (Wildman–Crippen LogP) is 2.82. The van der Waals surface area contributed by atoms with E-state index >= 15 is 0 Å². The van der Waals surface area contributed by atoms with Gasteiger partial charge in [0.25, 0.3) is 0 Å². The van der Waals surface area contributed by atoms with Gasteiger partial charge in [-0.2, -0.15) is 0 Å². The van der Waals surface area contributed by atoms with Gasteiger partial charge in [0.05, 0.1) is 23.8 Å². The number of benzene rings is 1. The van der Waals surface area contributed by atoms with Gasteiger partial charge >= 0.3 is 0 Å². The van der Waals surface area contributed by atoms with Gasteiger partial charge < -0.3 is 9.47 Å².